The Morgan fingerprint density at radius 1 is 1.00 bits per heavy atom. The van der Waals surface area contributed by atoms with E-state index in [0.717, 1.165) is 5.56 Å². The molecule has 0 spiro atoms. The van der Waals surface area contributed by atoms with Crippen LogP contribution in [0.2, 0.25) is 0 Å². The van der Waals surface area contributed by atoms with Crippen molar-refractivity contribution in [1.29, 1.82) is 0 Å². The van der Waals surface area contributed by atoms with Crippen molar-refractivity contribution < 1.29 is 14.3 Å². The summed E-state index contributed by atoms with van der Waals surface area (Å²) >= 11 is 0. The first-order valence-electron chi connectivity index (χ1n) is 9.91. The van der Waals surface area contributed by atoms with Gasteiger partial charge >= 0.3 is 0 Å². The standard InChI is InChI=1S/C24H23N3O3/c1-17-15-27(16-22(30-17)18-7-3-2-4-8-18)24(29)19-9-5-11-21(13-19)26-23(28)20-10-6-12-25-14-20/h2-14,17,22H,15-16H2,1H3,(H,26,28). The lowest BCUT2D eigenvalue weighted by atomic mass is 10.1. The Hall–Kier alpha value is -3.51. The number of rotatable bonds is 4. The van der Waals surface area contributed by atoms with Crippen molar-refractivity contribution >= 4 is 17.5 Å². The van der Waals surface area contributed by atoms with Crippen LogP contribution in [0.4, 0.5) is 5.69 Å². The van der Waals surface area contributed by atoms with Gasteiger partial charge in [-0.1, -0.05) is 36.4 Å². The van der Waals surface area contributed by atoms with Crippen molar-refractivity contribution in [1.82, 2.24) is 9.88 Å². The number of ether oxygens (including phenoxy) is 1. The molecule has 4 rings (SSSR count). The minimum absolute atomic E-state index is 0.0682. The van der Waals surface area contributed by atoms with E-state index in [1.54, 1.807) is 42.6 Å². The quantitative estimate of drug-likeness (QED) is 0.719. The van der Waals surface area contributed by atoms with Gasteiger partial charge in [-0.25, -0.2) is 0 Å². The first-order chi connectivity index (χ1) is 14.6. The molecule has 6 heteroatoms. The number of carbonyl (C=O) groups excluding carboxylic acids is 2. The number of morpholine rings is 1. The second kappa shape index (κ2) is 8.88. The van der Waals surface area contributed by atoms with Crippen LogP contribution in [-0.4, -0.2) is 40.9 Å². The summed E-state index contributed by atoms with van der Waals surface area (Å²) in [6.07, 6.45) is 2.89. The van der Waals surface area contributed by atoms with Crippen molar-refractivity contribution in [3.8, 4) is 0 Å². The molecule has 0 bridgehead atoms. The minimum atomic E-state index is -0.267. The van der Waals surface area contributed by atoms with Gasteiger partial charge in [-0.05, 0) is 42.8 Å². The molecule has 1 aromatic heterocycles. The minimum Gasteiger partial charge on any atom is -0.367 e. The molecule has 1 aliphatic heterocycles. The van der Waals surface area contributed by atoms with Crippen molar-refractivity contribution in [3.05, 3.63) is 95.8 Å². The normalized spacial score (nSPS) is 18.6. The molecule has 2 heterocycles. The average molecular weight is 401 g/mol. The van der Waals surface area contributed by atoms with Crippen LogP contribution in [0.1, 0.15) is 39.3 Å². The Kier molecular flexibility index (Phi) is 5.86. The first-order valence-corrected chi connectivity index (χ1v) is 9.91. The molecule has 0 aliphatic carbocycles. The fourth-order valence-corrected chi connectivity index (χ4v) is 3.58. The van der Waals surface area contributed by atoms with Crippen LogP contribution in [-0.2, 0) is 4.74 Å². The highest BCUT2D eigenvalue weighted by Gasteiger charge is 2.30. The van der Waals surface area contributed by atoms with Crippen LogP contribution >= 0.6 is 0 Å². The molecule has 1 aliphatic rings. The lowest BCUT2D eigenvalue weighted by Gasteiger charge is -2.37. The van der Waals surface area contributed by atoms with Gasteiger partial charge in [0, 0.05) is 30.2 Å². The van der Waals surface area contributed by atoms with Crippen molar-refractivity contribution in [2.24, 2.45) is 0 Å². The number of benzene rings is 2. The van der Waals surface area contributed by atoms with Gasteiger partial charge in [0.2, 0.25) is 0 Å². The molecular formula is C24H23N3O3. The molecular weight excluding hydrogens is 378 g/mol. The number of hydrogen-bond acceptors (Lipinski definition) is 4. The lowest BCUT2D eigenvalue weighted by Crippen LogP contribution is -2.46. The highest BCUT2D eigenvalue weighted by atomic mass is 16.5. The Morgan fingerprint density at radius 2 is 1.80 bits per heavy atom. The first kappa shape index (κ1) is 19.8. The predicted octanol–water partition coefficient (Wildman–Crippen LogP) is 3.94. The molecule has 2 aromatic carbocycles. The summed E-state index contributed by atoms with van der Waals surface area (Å²) < 4.78 is 6.06. The number of pyridine rings is 1. The van der Waals surface area contributed by atoms with E-state index in [9.17, 15) is 9.59 Å². The van der Waals surface area contributed by atoms with E-state index in [2.05, 4.69) is 10.3 Å². The predicted molar refractivity (Wildman–Crippen MR) is 114 cm³/mol. The van der Waals surface area contributed by atoms with E-state index in [1.165, 1.54) is 6.20 Å². The molecule has 1 fully saturated rings. The van der Waals surface area contributed by atoms with Gasteiger partial charge < -0.3 is 15.0 Å². The Balaban J connectivity index is 1.49. The highest BCUT2D eigenvalue weighted by Crippen LogP contribution is 2.26. The van der Waals surface area contributed by atoms with Gasteiger partial charge in [-0.15, -0.1) is 0 Å². The SMILES string of the molecule is CC1CN(C(=O)c2cccc(NC(=O)c3cccnc3)c2)CC(c2ccccc2)O1. The van der Waals surface area contributed by atoms with Gasteiger partial charge in [-0.3, -0.25) is 14.6 Å². The number of nitrogens with one attached hydrogen (secondary N) is 1. The van der Waals surface area contributed by atoms with Crippen LogP contribution in [0, 0.1) is 0 Å². The fraction of sp³-hybridized carbons (Fsp3) is 0.208. The van der Waals surface area contributed by atoms with Crippen LogP contribution in [0.25, 0.3) is 0 Å². The monoisotopic (exact) mass is 401 g/mol. The third-order valence-corrected chi connectivity index (χ3v) is 5.01. The second-order valence-corrected chi connectivity index (χ2v) is 7.33. The van der Waals surface area contributed by atoms with Gasteiger partial charge in [0.15, 0.2) is 0 Å². The van der Waals surface area contributed by atoms with Gasteiger partial charge in [0.25, 0.3) is 11.8 Å². The maximum absolute atomic E-state index is 13.2. The number of carbonyl (C=O) groups is 2. The number of hydrogen-bond donors (Lipinski definition) is 1. The van der Waals surface area contributed by atoms with E-state index in [0.29, 0.717) is 29.9 Å². The van der Waals surface area contributed by atoms with E-state index in [-0.39, 0.29) is 24.0 Å². The summed E-state index contributed by atoms with van der Waals surface area (Å²) in [5, 5.41) is 2.83. The Morgan fingerprint density at radius 3 is 2.57 bits per heavy atom. The fourth-order valence-electron chi connectivity index (χ4n) is 3.58. The zero-order chi connectivity index (χ0) is 20.9. The molecule has 1 saturated heterocycles. The van der Waals surface area contributed by atoms with Gasteiger partial charge in [-0.2, -0.15) is 0 Å². The third kappa shape index (κ3) is 4.55. The number of amides is 2. The molecule has 0 radical (unpaired) electrons. The summed E-state index contributed by atoms with van der Waals surface area (Å²) in [5.74, 6) is -0.347. The molecule has 3 aromatic rings. The van der Waals surface area contributed by atoms with Crippen LogP contribution in [0.5, 0.6) is 0 Å². The van der Waals surface area contributed by atoms with Crippen LogP contribution in [0.15, 0.2) is 79.1 Å². The van der Waals surface area contributed by atoms with E-state index >= 15 is 0 Å². The van der Waals surface area contributed by atoms with E-state index in [4.69, 9.17) is 4.74 Å². The van der Waals surface area contributed by atoms with Crippen molar-refractivity contribution in [2.75, 3.05) is 18.4 Å². The summed E-state index contributed by atoms with van der Waals surface area (Å²) in [7, 11) is 0. The summed E-state index contributed by atoms with van der Waals surface area (Å²) in [4.78, 5) is 31.3. The topological polar surface area (TPSA) is 71.5 Å². The molecule has 6 nitrogen and oxygen atoms in total. The Bertz CT molecular complexity index is 1020. The zero-order valence-electron chi connectivity index (χ0n) is 16.7. The maximum atomic E-state index is 13.2. The summed E-state index contributed by atoms with van der Waals surface area (Å²) in [6, 6.07) is 20.3. The van der Waals surface area contributed by atoms with E-state index < -0.39 is 0 Å². The van der Waals surface area contributed by atoms with Crippen LogP contribution in [0.3, 0.4) is 0 Å². The lowest BCUT2D eigenvalue weighted by molar-refractivity contribution is -0.0691. The molecule has 2 amide bonds. The summed E-state index contributed by atoms with van der Waals surface area (Å²) in [5.41, 5.74) is 2.61. The molecule has 2 atom stereocenters. The maximum Gasteiger partial charge on any atom is 0.257 e. The number of anilines is 1. The van der Waals surface area contributed by atoms with Gasteiger partial charge in [0.05, 0.1) is 18.2 Å². The smallest absolute Gasteiger partial charge is 0.257 e. The number of nitrogens with zero attached hydrogens (tertiary/aromatic N) is 2. The molecule has 1 N–H and O–H groups in total. The highest BCUT2D eigenvalue weighted by molar-refractivity contribution is 6.04. The van der Waals surface area contributed by atoms with Crippen molar-refractivity contribution in [2.45, 2.75) is 19.1 Å². The Labute approximate surface area is 175 Å². The van der Waals surface area contributed by atoms with E-state index in [1.807, 2.05) is 42.2 Å². The zero-order valence-corrected chi connectivity index (χ0v) is 16.7. The molecule has 152 valence electrons. The second-order valence-electron chi connectivity index (χ2n) is 7.33. The van der Waals surface area contributed by atoms with Gasteiger partial charge in [0.1, 0.15) is 6.10 Å². The van der Waals surface area contributed by atoms with Crippen LogP contribution < -0.4 is 5.32 Å². The molecule has 2 unspecified atom stereocenters. The molecule has 0 saturated carbocycles. The average Bonchev–Trinajstić information content (AvgIpc) is 2.79. The van der Waals surface area contributed by atoms with Crippen molar-refractivity contribution in [3.63, 3.8) is 0 Å². The summed E-state index contributed by atoms with van der Waals surface area (Å²) in [6.45, 7) is 2.98. The third-order valence-electron chi connectivity index (χ3n) is 5.01. The number of aromatic nitrogens is 1. The molecule has 30 heavy (non-hydrogen) atoms. The largest absolute Gasteiger partial charge is 0.367 e.